The van der Waals surface area contributed by atoms with E-state index < -0.39 is 5.97 Å². The van der Waals surface area contributed by atoms with Gasteiger partial charge in [-0.2, -0.15) is 0 Å². The molecule has 3 rings (SSSR count). The fraction of sp³-hybridized carbons (Fsp3) is 0.250. The van der Waals surface area contributed by atoms with Crippen LogP contribution in [0.25, 0.3) is 16.2 Å². The molecule has 0 saturated heterocycles. The number of benzene rings is 1. The molecule has 0 atom stereocenters. The molecule has 5 nitrogen and oxygen atoms in total. The fourth-order valence-corrected chi connectivity index (χ4v) is 3.35. The summed E-state index contributed by atoms with van der Waals surface area (Å²) in [6.07, 6.45) is 3.61. The number of aryl methyl sites for hydroxylation is 1. The number of thiazole rings is 1. The zero-order valence-corrected chi connectivity index (χ0v) is 13.2. The van der Waals surface area contributed by atoms with Crippen molar-refractivity contribution >= 4 is 22.3 Å². The Balaban J connectivity index is 2.17. The molecule has 0 aliphatic heterocycles. The lowest BCUT2D eigenvalue weighted by atomic mass is 10.0. The maximum atomic E-state index is 11.1. The lowest BCUT2D eigenvalue weighted by Gasteiger charge is -2.10. The Morgan fingerprint density at radius 3 is 2.95 bits per heavy atom. The van der Waals surface area contributed by atoms with E-state index in [1.807, 2.05) is 15.8 Å². The van der Waals surface area contributed by atoms with Crippen LogP contribution in [0, 0.1) is 0 Å². The predicted octanol–water partition coefficient (Wildman–Crippen LogP) is 3.72. The minimum absolute atomic E-state index is 0.0526. The summed E-state index contributed by atoms with van der Waals surface area (Å²) in [5.74, 6) is -0.251. The topological polar surface area (TPSA) is 63.8 Å². The molecule has 0 aliphatic carbocycles. The highest BCUT2D eigenvalue weighted by atomic mass is 32.1. The number of hydrogen-bond donors (Lipinski definition) is 1. The lowest BCUT2D eigenvalue weighted by molar-refractivity contribution is 0.0691. The van der Waals surface area contributed by atoms with Crippen molar-refractivity contribution in [3.8, 4) is 17.0 Å². The molecule has 0 fully saturated rings. The molecule has 1 N–H and O–H groups in total. The molecular formula is C16H16N2O3S. The van der Waals surface area contributed by atoms with E-state index in [4.69, 9.17) is 9.84 Å². The Morgan fingerprint density at radius 1 is 1.45 bits per heavy atom. The van der Waals surface area contributed by atoms with Crippen LogP contribution in [0.3, 0.4) is 0 Å². The zero-order valence-electron chi connectivity index (χ0n) is 12.4. The van der Waals surface area contributed by atoms with Crippen LogP contribution in [-0.2, 0) is 6.42 Å². The van der Waals surface area contributed by atoms with Gasteiger partial charge in [-0.05, 0) is 24.1 Å². The SMILES string of the molecule is CCCc1ccc(OC)c(-c2csc3nc(C(=O)O)cn23)c1. The Hall–Kier alpha value is -2.34. The maximum Gasteiger partial charge on any atom is 0.356 e. The van der Waals surface area contributed by atoms with Gasteiger partial charge in [0.05, 0.1) is 12.8 Å². The van der Waals surface area contributed by atoms with Gasteiger partial charge in [-0.15, -0.1) is 11.3 Å². The molecule has 0 unspecified atom stereocenters. The van der Waals surface area contributed by atoms with Gasteiger partial charge in [0.2, 0.25) is 0 Å². The van der Waals surface area contributed by atoms with Crippen molar-refractivity contribution in [2.24, 2.45) is 0 Å². The molecule has 114 valence electrons. The second kappa shape index (κ2) is 5.81. The molecule has 0 radical (unpaired) electrons. The second-order valence-electron chi connectivity index (χ2n) is 4.99. The third-order valence-electron chi connectivity index (χ3n) is 3.51. The largest absolute Gasteiger partial charge is 0.496 e. The minimum atomic E-state index is -1.02. The van der Waals surface area contributed by atoms with Crippen LogP contribution in [0.15, 0.2) is 29.8 Å². The number of aromatic carboxylic acids is 1. The van der Waals surface area contributed by atoms with Crippen LogP contribution in [-0.4, -0.2) is 27.6 Å². The van der Waals surface area contributed by atoms with Crippen molar-refractivity contribution in [3.05, 3.63) is 41.0 Å². The summed E-state index contributed by atoms with van der Waals surface area (Å²) in [6.45, 7) is 2.14. The van der Waals surface area contributed by atoms with Crippen molar-refractivity contribution < 1.29 is 14.6 Å². The number of nitrogens with zero attached hydrogens (tertiary/aromatic N) is 2. The van der Waals surface area contributed by atoms with Crippen LogP contribution >= 0.6 is 11.3 Å². The first-order chi connectivity index (χ1) is 10.6. The number of aromatic nitrogens is 2. The first-order valence-corrected chi connectivity index (χ1v) is 7.89. The third-order valence-corrected chi connectivity index (χ3v) is 4.35. The van der Waals surface area contributed by atoms with Crippen LogP contribution < -0.4 is 4.74 Å². The van der Waals surface area contributed by atoms with Crippen LogP contribution in [0.5, 0.6) is 5.75 Å². The summed E-state index contributed by atoms with van der Waals surface area (Å²) in [7, 11) is 1.64. The van der Waals surface area contributed by atoms with E-state index in [0.29, 0.717) is 4.96 Å². The van der Waals surface area contributed by atoms with Gasteiger partial charge in [-0.3, -0.25) is 4.40 Å². The molecule has 6 heteroatoms. The predicted molar refractivity (Wildman–Crippen MR) is 86.0 cm³/mol. The number of carboxylic acid groups (broad SMARTS) is 1. The van der Waals surface area contributed by atoms with Gasteiger partial charge in [-0.25, -0.2) is 9.78 Å². The first kappa shape index (κ1) is 14.6. The molecule has 3 aromatic rings. The van der Waals surface area contributed by atoms with E-state index in [1.54, 1.807) is 13.3 Å². The molecule has 0 spiro atoms. The molecule has 0 saturated carbocycles. The summed E-state index contributed by atoms with van der Waals surface area (Å²) in [4.78, 5) is 15.9. The van der Waals surface area contributed by atoms with Crippen molar-refractivity contribution in [2.75, 3.05) is 7.11 Å². The number of imidazole rings is 1. The third kappa shape index (κ3) is 2.46. The number of fused-ring (bicyclic) bond motifs is 1. The Labute approximate surface area is 131 Å². The van der Waals surface area contributed by atoms with Crippen LogP contribution in [0.2, 0.25) is 0 Å². The fourth-order valence-electron chi connectivity index (χ4n) is 2.48. The first-order valence-electron chi connectivity index (χ1n) is 7.01. The highest BCUT2D eigenvalue weighted by molar-refractivity contribution is 7.15. The molecule has 1 aromatic carbocycles. The summed E-state index contributed by atoms with van der Waals surface area (Å²) in [5, 5.41) is 11.1. The normalized spacial score (nSPS) is 11.0. The molecule has 2 heterocycles. The summed E-state index contributed by atoms with van der Waals surface area (Å²) < 4.78 is 7.27. The van der Waals surface area contributed by atoms with Crippen molar-refractivity contribution in [1.82, 2.24) is 9.38 Å². The molecule has 0 aliphatic rings. The maximum absolute atomic E-state index is 11.1. The van der Waals surface area contributed by atoms with Crippen molar-refractivity contribution in [1.29, 1.82) is 0 Å². The van der Waals surface area contributed by atoms with Gasteiger partial charge in [0.25, 0.3) is 0 Å². The standard InChI is InChI=1S/C16H16N2O3S/c1-3-4-10-5-6-14(21-2)11(7-10)13-9-22-16-17-12(15(19)20)8-18(13)16/h5-9H,3-4H2,1-2H3,(H,19,20). The van der Waals surface area contributed by atoms with E-state index in [1.165, 1.54) is 16.9 Å². The average Bonchev–Trinajstić information content (AvgIpc) is 3.07. The number of hydrogen-bond acceptors (Lipinski definition) is 4. The molecule has 0 amide bonds. The molecule has 0 bridgehead atoms. The monoisotopic (exact) mass is 316 g/mol. The van der Waals surface area contributed by atoms with Gasteiger partial charge >= 0.3 is 5.97 Å². The Morgan fingerprint density at radius 2 is 2.27 bits per heavy atom. The van der Waals surface area contributed by atoms with Crippen LogP contribution in [0.4, 0.5) is 0 Å². The summed E-state index contributed by atoms with van der Waals surface area (Å²) in [6, 6.07) is 6.12. The van der Waals surface area contributed by atoms with E-state index in [9.17, 15) is 4.79 Å². The highest BCUT2D eigenvalue weighted by Gasteiger charge is 2.16. The smallest absolute Gasteiger partial charge is 0.356 e. The van der Waals surface area contributed by atoms with Crippen molar-refractivity contribution in [3.63, 3.8) is 0 Å². The van der Waals surface area contributed by atoms with Gasteiger partial charge in [0.1, 0.15) is 5.75 Å². The molecule has 22 heavy (non-hydrogen) atoms. The number of carboxylic acids is 1. The summed E-state index contributed by atoms with van der Waals surface area (Å²) in [5.41, 5.74) is 3.14. The van der Waals surface area contributed by atoms with Gasteiger partial charge in [-0.1, -0.05) is 19.4 Å². The lowest BCUT2D eigenvalue weighted by Crippen LogP contribution is -1.96. The van der Waals surface area contributed by atoms with Gasteiger partial charge in [0, 0.05) is 17.1 Å². The number of methoxy groups -OCH3 is 1. The van der Waals surface area contributed by atoms with Gasteiger partial charge < -0.3 is 9.84 Å². The van der Waals surface area contributed by atoms with E-state index in [2.05, 4.69) is 24.0 Å². The Bertz CT molecular complexity index is 835. The van der Waals surface area contributed by atoms with Gasteiger partial charge in [0.15, 0.2) is 10.7 Å². The van der Waals surface area contributed by atoms with Crippen LogP contribution in [0.1, 0.15) is 29.4 Å². The zero-order chi connectivity index (χ0) is 15.7. The molecule has 2 aromatic heterocycles. The van der Waals surface area contributed by atoms with E-state index in [0.717, 1.165) is 29.8 Å². The van der Waals surface area contributed by atoms with Crippen molar-refractivity contribution in [2.45, 2.75) is 19.8 Å². The van der Waals surface area contributed by atoms with E-state index in [-0.39, 0.29) is 5.69 Å². The number of rotatable bonds is 5. The minimum Gasteiger partial charge on any atom is -0.496 e. The highest BCUT2D eigenvalue weighted by Crippen LogP contribution is 2.34. The number of ether oxygens (including phenoxy) is 1. The molecular weight excluding hydrogens is 300 g/mol. The quantitative estimate of drug-likeness (QED) is 0.779. The summed E-state index contributed by atoms with van der Waals surface area (Å²) >= 11 is 1.42. The van der Waals surface area contributed by atoms with E-state index >= 15 is 0 Å². The second-order valence-corrected chi connectivity index (χ2v) is 5.83. The number of carbonyl (C=O) groups is 1. The Kier molecular flexibility index (Phi) is 3.85. The average molecular weight is 316 g/mol.